The zero-order valence-electron chi connectivity index (χ0n) is 11.4. The maximum Gasteiger partial charge on any atom is 0.407 e. The van der Waals surface area contributed by atoms with Crippen molar-refractivity contribution < 1.29 is 14.3 Å². The third-order valence-corrected chi connectivity index (χ3v) is 1.65. The van der Waals surface area contributed by atoms with Gasteiger partial charge in [0.1, 0.15) is 11.9 Å². The molecule has 1 N–H and O–H groups in total. The summed E-state index contributed by atoms with van der Waals surface area (Å²) in [4.78, 5) is 19.8. The van der Waals surface area contributed by atoms with Crippen LogP contribution >= 0.6 is 0 Å². The van der Waals surface area contributed by atoms with E-state index < -0.39 is 0 Å². The van der Waals surface area contributed by atoms with Crippen LogP contribution in [0.3, 0.4) is 0 Å². The lowest BCUT2D eigenvalue weighted by molar-refractivity contribution is -0.106. The molecule has 0 atom stereocenters. The number of ether oxygens (including phenoxy) is 1. The van der Waals surface area contributed by atoms with Gasteiger partial charge in [-0.1, -0.05) is 19.3 Å². The smallest absolute Gasteiger partial charge is 0.407 e. The topological polar surface area (TPSA) is 55.4 Å². The van der Waals surface area contributed by atoms with Gasteiger partial charge >= 0.3 is 6.09 Å². The molecule has 0 aromatic carbocycles. The number of nitrogens with one attached hydrogen (secondary N) is 1. The summed E-state index contributed by atoms with van der Waals surface area (Å²) in [5.74, 6) is 0. The summed E-state index contributed by atoms with van der Waals surface area (Å²) in [5, 5.41) is 2.75. The van der Waals surface area contributed by atoms with Gasteiger partial charge in [0.25, 0.3) is 0 Å². The number of carbonyl (C=O) groups is 2. The van der Waals surface area contributed by atoms with Gasteiger partial charge in [-0.15, -0.1) is 0 Å². The van der Waals surface area contributed by atoms with E-state index in [1.165, 1.54) is 26.2 Å². The summed E-state index contributed by atoms with van der Waals surface area (Å²) in [6.45, 7) is 7.03. The summed E-state index contributed by atoms with van der Waals surface area (Å²) in [5.41, 5.74) is -0.376. The Labute approximate surface area is 104 Å². The van der Waals surface area contributed by atoms with Gasteiger partial charge in [-0.05, 0) is 40.5 Å². The number of hydrogen-bond acceptors (Lipinski definition) is 3. The first kappa shape index (κ1) is 15.9. The molecule has 0 bridgehead atoms. The molecule has 2 rings (SSSR count). The van der Waals surface area contributed by atoms with Gasteiger partial charge in [0.05, 0.1) is 0 Å². The van der Waals surface area contributed by atoms with Crippen LogP contribution in [0.1, 0.15) is 59.8 Å². The van der Waals surface area contributed by atoms with Crippen molar-refractivity contribution in [1.82, 2.24) is 5.32 Å². The molecule has 0 aromatic rings. The summed E-state index contributed by atoms with van der Waals surface area (Å²) in [7, 11) is 0. The summed E-state index contributed by atoms with van der Waals surface area (Å²) >= 11 is 0. The fourth-order valence-corrected chi connectivity index (χ4v) is 0.702. The molecule has 0 aromatic heterocycles. The van der Waals surface area contributed by atoms with E-state index in [4.69, 9.17) is 9.53 Å². The zero-order chi connectivity index (χ0) is 13.3. The first-order valence-electron chi connectivity index (χ1n) is 6.28. The van der Waals surface area contributed by atoms with Crippen molar-refractivity contribution in [2.24, 2.45) is 0 Å². The Kier molecular flexibility index (Phi) is 7.59. The van der Waals surface area contributed by atoms with Crippen LogP contribution in [0.15, 0.2) is 0 Å². The first-order valence-corrected chi connectivity index (χ1v) is 6.28. The van der Waals surface area contributed by atoms with Gasteiger partial charge in [0.2, 0.25) is 0 Å². The van der Waals surface area contributed by atoms with Crippen molar-refractivity contribution in [1.29, 1.82) is 0 Å². The lowest BCUT2D eigenvalue weighted by Crippen LogP contribution is -2.33. The quantitative estimate of drug-likeness (QED) is 0.720. The largest absolute Gasteiger partial charge is 0.444 e. The van der Waals surface area contributed by atoms with E-state index in [1.807, 2.05) is 20.8 Å². The minimum absolute atomic E-state index is 0.292. The molecule has 2 saturated carbocycles. The molecule has 2 aliphatic rings. The molecular weight excluding hydrogens is 218 g/mol. The molecule has 2 aliphatic carbocycles. The summed E-state index contributed by atoms with van der Waals surface area (Å²) in [6.07, 6.45) is 7.15. The number of hydrogen-bond donors (Lipinski definition) is 1. The number of carbonyl (C=O) groups excluding carboxylic acids is 2. The van der Waals surface area contributed by atoms with Gasteiger partial charge in [0.15, 0.2) is 0 Å². The second-order valence-corrected chi connectivity index (χ2v) is 5.22. The van der Waals surface area contributed by atoms with E-state index in [2.05, 4.69) is 5.32 Å². The Bertz CT molecular complexity index is 225. The normalized spacial score (nSPS) is 16.5. The highest BCUT2D eigenvalue weighted by atomic mass is 16.6. The predicted molar refractivity (Wildman–Crippen MR) is 68.0 cm³/mol. The van der Waals surface area contributed by atoms with Crippen molar-refractivity contribution in [3.05, 3.63) is 0 Å². The van der Waals surface area contributed by atoms with Crippen LogP contribution in [0.5, 0.6) is 0 Å². The maximum absolute atomic E-state index is 11.0. The van der Waals surface area contributed by atoms with Gasteiger partial charge in [-0.2, -0.15) is 0 Å². The highest BCUT2D eigenvalue weighted by molar-refractivity contribution is 5.68. The molecule has 4 heteroatoms. The standard InChI is InChI=1S/C8H15NO2.C3H6.C2H4O/c1-8(2,3)11-7(10)9-6-4-5-6;1-2-3-1;1-2-3/h6H,4-5H2,1-3H3,(H,9,10);1-3H2;2H,1H3. The van der Waals surface area contributed by atoms with Gasteiger partial charge in [-0.25, -0.2) is 4.79 Å². The molecule has 1 amide bonds. The van der Waals surface area contributed by atoms with Crippen molar-refractivity contribution in [3.8, 4) is 0 Å². The molecule has 2 fully saturated rings. The minimum atomic E-state index is -0.376. The fourth-order valence-electron chi connectivity index (χ4n) is 0.702. The Morgan fingerprint density at radius 2 is 1.65 bits per heavy atom. The van der Waals surface area contributed by atoms with Crippen LogP contribution in [-0.2, 0) is 9.53 Å². The van der Waals surface area contributed by atoms with Crippen LogP contribution in [0.2, 0.25) is 0 Å². The number of aldehydes is 1. The third-order valence-electron chi connectivity index (χ3n) is 1.65. The highest BCUT2D eigenvalue weighted by Crippen LogP contribution is 2.19. The lowest BCUT2D eigenvalue weighted by Gasteiger charge is -2.19. The molecule has 0 heterocycles. The molecule has 0 spiro atoms. The predicted octanol–water partition coefficient (Wildman–Crippen LogP) is 3.05. The van der Waals surface area contributed by atoms with Gasteiger partial charge in [0, 0.05) is 6.04 Å². The second kappa shape index (κ2) is 8.09. The number of rotatable bonds is 1. The van der Waals surface area contributed by atoms with E-state index in [0.29, 0.717) is 6.04 Å². The van der Waals surface area contributed by atoms with E-state index in [0.717, 1.165) is 19.1 Å². The van der Waals surface area contributed by atoms with Crippen LogP contribution < -0.4 is 5.32 Å². The molecule has 0 saturated heterocycles. The Morgan fingerprint density at radius 1 is 1.24 bits per heavy atom. The number of amides is 1. The van der Waals surface area contributed by atoms with Crippen LogP contribution in [0.25, 0.3) is 0 Å². The van der Waals surface area contributed by atoms with Gasteiger partial charge < -0.3 is 14.8 Å². The molecule has 0 aliphatic heterocycles. The summed E-state index contributed by atoms with van der Waals surface area (Å²) < 4.78 is 5.04. The zero-order valence-corrected chi connectivity index (χ0v) is 11.4. The molecule has 4 nitrogen and oxygen atoms in total. The molecule has 0 radical (unpaired) electrons. The SMILES string of the molecule is C1CC1.CC(C)(C)OC(=O)NC1CC1.CC=O. The maximum atomic E-state index is 11.0. The van der Waals surface area contributed by atoms with E-state index >= 15 is 0 Å². The van der Waals surface area contributed by atoms with Crippen molar-refractivity contribution in [2.45, 2.75) is 71.4 Å². The second-order valence-electron chi connectivity index (χ2n) is 5.22. The molecule has 17 heavy (non-hydrogen) atoms. The Morgan fingerprint density at radius 3 is 1.88 bits per heavy atom. The van der Waals surface area contributed by atoms with Crippen LogP contribution in [0, 0.1) is 0 Å². The van der Waals surface area contributed by atoms with E-state index in [1.54, 1.807) is 0 Å². The van der Waals surface area contributed by atoms with Crippen molar-refractivity contribution in [3.63, 3.8) is 0 Å². The average molecular weight is 243 g/mol. The van der Waals surface area contributed by atoms with Crippen molar-refractivity contribution in [2.75, 3.05) is 0 Å². The fraction of sp³-hybridized carbons (Fsp3) is 0.846. The van der Waals surface area contributed by atoms with Crippen LogP contribution in [-0.4, -0.2) is 24.0 Å². The lowest BCUT2D eigenvalue weighted by atomic mass is 10.2. The van der Waals surface area contributed by atoms with Crippen molar-refractivity contribution >= 4 is 12.4 Å². The Balaban J connectivity index is 0.000000350. The average Bonchev–Trinajstić information content (AvgIpc) is 3.00. The minimum Gasteiger partial charge on any atom is -0.444 e. The number of alkyl carbamates (subject to hydrolysis) is 1. The van der Waals surface area contributed by atoms with E-state index in [-0.39, 0.29) is 11.7 Å². The molecular formula is C13H25NO3. The highest BCUT2D eigenvalue weighted by Gasteiger charge is 2.25. The molecule has 100 valence electrons. The first-order chi connectivity index (χ1) is 7.89. The third kappa shape index (κ3) is 17.5. The van der Waals surface area contributed by atoms with Gasteiger partial charge in [-0.3, -0.25) is 0 Å². The summed E-state index contributed by atoms with van der Waals surface area (Å²) in [6, 6.07) is 0.379. The monoisotopic (exact) mass is 243 g/mol. The molecule has 0 unspecified atom stereocenters. The Hall–Kier alpha value is -1.06. The van der Waals surface area contributed by atoms with Crippen LogP contribution in [0.4, 0.5) is 4.79 Å². The van der Waals surface area contributed by atoms with E-state index in [9.17, 15) is 4.79 Å².